The van der Waals surface area contributed by atoms with Crippen molar-refractivity contribution in [3.63, 3.8) is 0 Å². The van der Waals surface area contributed by atoms with E-state index in [-0.39, 0.29) is 5.97 Å². The van der Waals surface area contributed by atoms with E-state index in [9.17, 15) is 4.79 Å². The summed E-state index contributed by atoms with van der Waals surface area (Å²) >= 11 is 0. The normalized spacial score (nSPS) is 10.0. The molecule has 0 fully saturated rings. The van der Waals surface area contributed by atoms with Gasteiger partial charge in [-0.3, -0.25) is 4.79 Å². The number of nitrogens with two attached hydrogens (primary N) is 1. The topological polar surface area (TPSA) is 61.5 Å². The van der Waals surface area contributed by atoms with Gasteiger partial charge in [0.25, 0.3) is 0 Å². The van der Waals surface area contributed by atoms with Crippen molar-refractivity contribution in [2.24, 2.45) is 0 Å². The zero-order valence-electron chi connectivity index (χ0n) is 10.4. The van der Waals surface area contributed by atoms with Crippen molar-refractivity contribution in [1.82, 2.24) is 0 Å². The molecule has 1 aromatic rings. The number of anilines is 1. The van der Waals surface area contributed by atoms with Crippen LogP contribution in [0.2, 0.25) is 0 Å². The van der Waals surface area contributed by atoms with Crippen molar-refractivity contribution in [2.75, 3.05) is 18.9 Å². The SMILES string of the molecule is CCOC(=O)CCCOc1cccc(N)c1C. The summed E-state index contributed by atoms with van der Waals surface area (Å²) < 4.78 is 10.4. The van der Waals surface area contributed by atoms with Gasteiger partial charge in [0.05, 0.1) is 13.2 Å². The van der Waals surface area contributed by atoms with Crippen molar-refractivity contribution in [3.8, 4) is 5.75 Å². The number of nitrogen functional groups attached to an aromatic ring is 1. The zero-order valence-corrected chi connectivity index (χ0v) is 10.4. The molecule has 0 saturated heterocycles. The van der Waals surface area contributed by atoms with Crippen LogP contribution in [0.4, 0.5) is 5.69 Å². The lowest BCUT2D eigenvalue weighted by Gasteiger charge is -2.10. The first kappa shape index (κ1) is 13.4. The third kappa shape index (κ3) is 4.34. The molecule has 0 amide bonds. The van der Waals surface area contributed by atoms with Gasteiger partial charge in [-0.15, -0.1) is 0 Å². The summed E-state index contributed by atoms with van der Waals surface area (Å²) in [5, 5.41) is 0. The Hall–Kier alpha value is -1.71. The Labute approximate surface area is 102 Å². The molecular weight excluding hydrogens is 218 g/mol. The van der Waals surface area contributed by atoms with Crippen LogP contribution >= 0.6 is 0 Å². The molecule has 1 aromatic carbocycles. The number of carbonyl (C=O) groups excluding carboxylic acids is 1. The molecule has 0 atom stereocenters. The minimum absolute atomic E-state index is 0.180. The van der Waals surface area contributed by atoms with Gasteiger partial charge in [-0.05, 0) is 32.4 Å². The van der Waals surface area contributed by atoms with E-state index in [0.717, 1.165) is 11.3 Å². The molecule has 0 heterocycles. The number of hydrogen-bond donors (Lipinski definition) is 1. The fourth-order valence-electron chi connectivity index (χ4n) is 1.42. The highest BCUT2D eigenvalue weighted by molar-refractivity contribution is 5.69. The van der Waals surface area contributed by atoms with Crippen molar-refractivity contribution in [3.05, 3.63) is 23.8 Å². The van der Waals surface area contributed by atoms with Crippen LogP contribution in [0.1, 0.15) is 25.3 Å². The summed E-state index contributed by atoms with van der Waals surface area (Å²) in [7, 11) is 0. The van der Waals surface area contributed by atoms with E-state index < -0.39 is 0 Å². The zero-order chi connectivity index (χ0) is 12.7. The van der Waals surface area contributed by atoms with Gasteiger partial charge in [-0.25, -0.2) is 0 Å². The molecule has 4 heteroatoms. The van der Waals surface area contributed by atoms with Crippen molar-refractivity contribution in [2.45, 2.75) is 26.7 Å². The second-order valence-corrected chi connectivity index (χ2v) is 3.73. The molecule has 0 aliphatic rings. The Bertz CT molecular complexity index is 377. The Morgan fingerprint density at radius 2 is 2.18 bits per heavy atom. The standard InChI is InChI=1S/C13H19NO3/c1-3-16-13(15)8-5-9-17-12-7-4-6-11(14)10(12)2/h4,6-7H,3,5,8-9,14H2,1-2H3. The van der Waals surface area contributed by atoms with E-state index in [2.05, 4.69) is 0 Å². The van der Waals surface area contributed by atoms with Crippen molar-refractivity contribution < 1.29 is 14.3 Å². The van der Waals surface area contributed by atoms with Crippen LogP contribution in [0.25, 0.3) is 0 Å². The number of ether oxygens (including phenoxy) is 2. The van der Waals surface area contributed by atoms with Crippen molar-refractivity contribution >= 4 is 11.7 Å². The molecule has 17 heavy (non-hydrogen) atoms. The first-order valence-electron chi connectivity index (χ1n) is 5.78. The molecule has 0 spiro atoms. The minimum Gasteiger partial charge on any atom is -0.493 e. The Balaban J connectivity index is 2.31. The lowest BCUT2D eigenvalue weighted by atomic mass is 10.2. The fourth-order valence-corrected chi connectivity index (χ4v) is 1.42. The quantitative estimate of drug-likeness (QED) is 0.468. The average molecular weight is 237 g/mol. The smallest absolute Gasteiger partial charge is 0.305 e. The van der Waals surface area contributed by atoms with Gasteiger partial charge in [0.2, 0.25) is 0 Å². The Morgan fingerprint density at radius 1 is 1.41 bits per heavy atom. The predicted molar refractivity (Wildman–Crippen MR) is 67.0 cm³/mol. The summed E-state index contributed by atoms with van der Waals surface area (Å²) in [4.78, 5) is 11.1. The van der Waals surface area contributed by atoms with Gasteiger partial charge < -0.3 is 15.2 Å². The first-order chi connectivity index (χ1) is 8.15. The minimum atomic E-state index is -0.180. The van der Waals surface area contributed by atoms with Crippen LogP contribution in [0.5, 0.6) is 5.75 Å². The molecule has 0 bridgehead atoms. The first-order valence-corrected chi connectivity index (χ1v) is 5.78. The highest BCUT2D eigenvalue weighted by Gasteiger charge is 2.04. The van der Waals surface area contributed by atoms with E-state index >= 15 is 0 Å². The average Bonchev–Trinajstić information content (AvgIpc) is 2.30. The predicted octanol–water partition coefficient (Wildman–Crippen LogP) is 2.30. The van der Waals surface area contributed by atoms with E-state index in [0.29, 0.717) is 31.7 Å². The summed E-state index contributed by atoms with van der Waals surface area (Å²) in [6.07, 6.45) is 1.03. The van der Waals surface area contributed by atoms with Gasteiger partial charge in [0.15, 0.2) is 0 Å². The number of hydrogen-bond acceptors (Lipinski definition) is 4. The molecular formula is C13H19NO3. The maximum atomic E-state index is 11.1. The van der Waals surface area contributed by atoms with Crippen LogP contribution in [-0.4, -0.2) is 19.2 Å². The second-order valence-electron chi connectivity index (χ2n) is 3.73. The van der Waals surface area contributed by atoms with Crippen LogP contribution in [-0.2, 0) is 9.53 Å². The van der Waals surface area contributed by atoms with Gasteiger partial charge in [0.1, 0.15) is 5.75 Å². The molecule has 0 aliphatic carbocycles. The van der Waals surface area contributed by atoms with E-state index in [4.69, 9.17) is 15.2 Å². The molecule has 4 nitrogen and oxygen atoms in total. The molecule has 0 saturated carbocycles. The van der Waals surface area contributed by atoms with E-state index in [1.54, 1.807) is 6.92 Å². The number of carbonyl (C=O) groups is 1. The van der Waals surface area contributed by atoms with Crippen LogP contribution in [0.3, 0.4) is 0 Å². The fraction of sp³-hybridized carbons (Fsp3) is 0.462. The number of rotatable bonds is 6. The lowest BCUT2D eigenvalue weighted by Crippen LogP contribution is -2.07. The highest BCUT2D eigenvalue weighted by Crippen LogP contribution is 2.22. The number of benzene rings is 1. The molecule has 94 valence electrons. The number of esters is 1. The van der Waals surface area contributed by atoms with E-state index in [1.165, 1.54) is 0 Å². The third-order valence-corrected chi connectivity index (χ3v) is 2.41. The Morgan fingerprint density at radius 3 is 2.88 bits per heavy atom. The van der Waals surface area contributed by atoms with Crippen molar-refractivity contribution in [1.29, 1.82) is 0 Å². The Kier molecular flexibility index (Phi) is 5.33. The maximum absolute atomic E-state index is 11.1. The molecule has 0 aliphatic heterocycles. The lowest BCUT2D eigenvalue weighted by molar-refractivity contribution is -0.143. The molecule has 0 radical (unpaired) electrons. The molecule has 0 unspecified atom stereocenters. The van der Waals surface area contributed by atoms with E-state index in [1.807, 2.05) is 25.1 Å². The summed E-state index contributed by atoms with van der Waals surface area (Å²) in [6.45, 7) is 4.62. The summed E-state index contributed by atoms with van der Waals surface area (Å²) in [5.74, 6) is 0.592. The summed E-state index contributed by atoms with van der Waals surface area (Å²) in [5.41, 5.74) is 7.41. The highest BCUT2D eigenvalue weighted by atomic mass is 16.5. The summed E-state index contributed by atoms with van der Waals surface area (Å²) in [6, 6.07) is 5.56. The third-order valence-electron chi connectivity index (χ3n) is 2.41. The molecule has 1 rings (SSSR count). The monoisotopic (exact) mass is 237 g/mol. The molecule has 2 N–H and O–H groups in total. The van der Waals surface area contributed by atoms with Crippen LogP contribution < -0.4 is 10.5 Å². The molecule has 0 aromatic heterocycles. The second kappa shape index (κ2) is 6.78. The van der Waals surface area contributed by atoms with Crippen LogP contribution in [0, 0.1) is 6.92 Å². The van der Waals surface area contributed by atoms with Gasteiger partial charge in [-0.2, -0.15) is 0 Å². The maximum Gasteiger partial charge on any atom is 0.305 e. The van der Waals surface area contributed by atoms with Gasteiger partial charge >= 0.3 is 5.97 Å². The largest absolute Gasteiger partial charge is 0.493 e. The van der Waals surface area contributed by atoms with Gasteiger partial charge in [0, 0.05) is 17.7 Å². The van der Waals surface area contributed by atoms with Crippen LogP contribution in [0.15, 0.2) is 18.2 Å². The van der Waals surface area contributed by atoms with Gasteiger partial charge in [-0.1, -0.05) is 6.07 Å².